The highest BCUT2D eigenvalue weighted by Gasteiger charge is 2.41. The molecule has 1 aliphatic carbocycles. The fourth-order valence-electron chi connectivity index (χ4n) is 2.45. The van der Waals surface area contributed by atoms with Gasteiger partial charge in [0.25, 0.3) is 0 Å². The fourth-order valence-corrected chi connectivity index (χ4v) is 3.07. The van der Waals surface area contributed by atoms with Crippen molar-refractivity contribution in [3.63, 3.8) is 0 Å². The lowest BCUT2D eigenvalue weighted by Gasteiger charge is -2.38. The standard InChI is InChI=1S/C14H17NO2S/c1-10-7-12(17-2)11(8-13(10)18-3)14(15-9-16)5-4-6-14/h7-8H,4-6H2,1-3H3. The van der Waals surface area contributed by atoms with Crippen LogP contribution in [0.15, 0.2) is 22.0 Å². The van der Waals surface area contributed by atoms with E-state index in [0.29, 0.717) is 0 Å². The molecule has 1 saturated carbocycles. The topological polar surface area (TPSA) is 38.7 Å². The Labute approximate surface area is 112 Å². The smallest absolute Gasteiger partial charge is 0.235 e. The number of hydrogen-bond acceptors (Lipinski definition) is 4. The van der Waals surface area contributed by atoms with Crippen molar-refractivity contribution in [3.05, 3.63) is 23.3 Å². The number of hydrogen-bond donors (Lipinski definition) is 0. The third-order valence-electron chi connectivity index (χ3n) is 3.66. The number of rotatable bonds is 4. The first kappa shape index (κ1) is 13.2. The van der Waals surface area contributed by atoms with Crippen molar-refractivity contribution in [1.29, 1.82) is 0 Å². The maximum Gasteiger partial charge on any atom is 0.235 e. The Morgan fingerprint density at radius 1 is 1.44 bits per heavy atom. The molecule has 0 unspecified atom stereocenters. The van der Waals surface area contributed by atoms with Gasteiger partial charge in [-0.15, -0.1) is 11.8 Å². The van der Waals surface area contributed by atoms with Gasteiger partial charge in [-0.3, -0.25) is 0 Å². The predicted molar refractivity (Wildman–Crippen MR) is 73.2 cm³/mol. The molecule has 0 radical (unpaired) electrons. The van der Waals surface area contributed by atoms with E-state index in [1.807, 2.05) is 6.07 Å². The van der Waals surface area contributed by atoms with Crippen LogP contribution < -0.4 is 4.74 Å². The SMILES string of the molecule is COc1cc(C)c(SC)cc1C1(N=C=O)CCC1. The van der Waals surface area contributed by atoms with Gasteiger partial charge in [-0.2, -0.15) is 4.99 Å². The highest BCUT2D eigenvalue weighted by molar-refractivity contribution is 7.98. The van der Waals surface area contributed by atoms with Gasteiger partial charge in [0, 0.05) is 10.5 Å². The second kappa shape index (κ2) is 5.17. The molecule has 1 aromatic rings. The van der Waals surface area contributed by atoms with Crippen LogP contribution in [0.25, 0.3) is 0 Å². The molecule has 96 valence electrons. The summed E-state index contributed by atoms with van der Waals surface area (Å²) in [6.45, 7) is 2.06. The molecular formula is C14H17NO2S. The van der Waals surface area contributed by atoms with Crippen LogP contribution in [-0.2, 0) is 10.3 Å². The van der Waals surface area contributed by atoms with Gasteiger partial charge in [0.1, 0.15) is 11.3 Å². The number of benzene rings is 1. The molecule has 0 aliphatic heterocycles. The van der Waals surface area contributed by atoms with E-state index in [4.69, 9.17) is 4.74 Å². The average Bonchev–Trinajstić information content (AvgIpc) is 2.33. The fraction of sp³-hybridized carbons (Fsp3) is 0.500. The molecule has 1 aromatic carbocycles. The van der Waals surface area contributed by atoms with E-state index in [2.05, 4.69) is 24.2 Å². The zero-order valence-electron chi connectivity index (χ0n) is 10.9. The van der Waals surface area contributed by atoms with Crippen LogP contribution in [0.5, 0.6) is 5.75 Å². The highest BCUT2D eigenvalue weighted by Crippen LogP contribution is 2.49. The maximum absolute atomic E-state index is 10.7. The van der Waals surface area contributed by atoms with E-state index in [9.17, 15) is 4.79 Å². The van der Waals surface area contributed by atoms with E-state index >= 15 is 0 Å². The summed E-state index contributed by atoms with van der Waals surface area (Å²) in [4.78, 5) is 15.9. The summed E-state index contributed by atoms with van der Waals surface area (Å²) in [6, 6.07) is 4.14. The van der Waals surface area contributed by atoms with Crippen molar-refractivity contribution in [2.45, 2.75) is 36.6 Å². The lowest BCUT2D eigenvalue weighted by molar-refractivity contribution is 0.245. The molecule has 1 aliphatic rings. The van der Waals surface area contributed by atoms with E-state index < -0.39 is 5.54 Å². The van der Waals surface area contributed by atoms with Crippen molar-refractivity contribution in [2.75, 3.05) is 13.4 Å². The number of ether oxygens (including phenoxy) is 1. The summed E-state index contributed by atoms with van der Waals surface area (Å²) in [6.07, 6.45) is 6.67. The first-order valence-corrected chi connectivity index (χ1v) is 7.21. The van der Waals surface area contributed by atoms with Gasteiger partial charge >= 0.3 is 0 Å². The molecule has 0 N–H and O–H groups in total. The average molecular weight is 263 g/mol. The summed E-state index contributed by atoms with van der Waals surface area (Å²) in [5, 5.41) is 0. The van der Waals surface area contributed by atoms with E-state index in [1.54, 1.807) is 25.0 Å². The number of aryl methyl sites for hydroxylation is 1. The van der Waals surface area contributed by atoms with Gasteiger partial charge < -0.3 is 4.74 Å². The van der Waals surface area contributed by atoms with Gasteiger partial charge in [-0.05, 0) is 50.1 Å². The van der Waals surface area contributed by atoms with Crippen LogP contribution in [0.1, 0.15) is 30.4 Å². The molecule has 1 fully saturated rings. The van der Waals surface area contributed by atoms with Gasteiger partial charge in [0.05, 0.1) is 7.11 Å². The zero-order chi connectivity index (χ0) is 13.2. The number of isocyanates is 1. The molecule has 4 heteroatoms. The van der Waals surface area contributed by atoms with Gasteiger partial charge in [0.2, 0.25) is 6.08 Å². The van der Waals surface area contributed by atoms with Crippen molar-refractivity contribution in [2.24, 2.45) is 4.99 Å². The number of carbonyl (C=O) groups excluding carboxylic acids is 1. The van der Waals surface area contributed by atoms with Crippen molar-refractivity contribution in [1.82, 2.24) is 0 Å². The van der Waals surface area contributed by atoms with E-state index in [0.717, 1.165) is 30.6 Å². The quantitative estimate of drug-likeness (QED) is 0.474. The number of nitrogens with zero attached hydrogens (tertiary/aromatic N) is 1. The van der Waals surface area contributed by atoms with Crippen molar-refractivity contribution in [3.8, 4) is 5.75 Å². The van der Waals surface area contributed by atoms with Crippen LogP contribution in [0.4, 0.5) is 0 Å². The Kier molecular flexibility index (Phi) is 3.79. The normalized spacial score (nSPS) is 16.6. The molecule has 0 atom stereocenters. The Morgan fingerprint density at radius 3 is 2.61 bits per heavy atom. The Balaban J connectivity index is 2.57. The monoisotopic (exact) mass is 263 g/mol. The summed E-state index contributed by atoms with van der Waals surface area (Å²) >= 11 is 1.70. The Hall–Kier alpha value is -1.25. The molecule has 18 heavy (non-hydrogen) atoms. The summed E-state index contributed by atoms with van der Waals surface area (Å²) < 4.78 is 5.45. The first-order chi connectivity index (χ1) is 8.66. The van der Waals surface area contributed by atoms with Gasteiger partial charge in [0.15, 0.2) is 0 Å². The largest absolute Gasteiger partial charge is 0.496 e. The second-order valence-corrected chi connectivity index (χ2v) is 5.46. The maximum atomic E-state index is 10.7. The van der Waals surface area contributed by atoms with E-state index in [1.165, 1.54) is 10.5 Å². The summed E-state index contributed by atoms with van der Waals surface area (Å²) in [5.41, 5.74) is 1.81. The van der Waals surface area contributed by atoms with Crippen LogP contribution >= 0.6 is 11.8 Å². The Morgan fingerprint density at radius 2 is 2.17 bits per heavy atom. The second-order valence-electron chi connectivity index (χ2n) is 4.61. The first-order valence-electron chi connectivity index (χ1n) is 5.99. The number of aliphatic imine (C=N–C) groups is 1. The molecule has 3 nitrogen and oxygen atoms in total. The lowest BCUT2D eigenvalue weighted by Crippen LogP contribution is -2.32. The minimum atomic E-state index is -0.398. The van der Waals surface area contributed by atoms with Crippen LogP contribution in [0.2, 0.25) is 0 Å². The van der Waals surface area contributed by atoms with Crippen LogP contribution in [0.3, 0.4) is 0 Å². The third kappa shape index (κ3) is 2.06. The lowest BCUT2D eigenvalue weighted by atomic mass is 9.72. The molecule has 0 spiro atoms. The van der Waals surface area contributed by atoms with Crippen molar-refractivity contribution >= 4 is 17.8 Å². The predicted octanol–water partition coefficient (Wildman–Crippen LogP) is 3.44. The molecule has 2 rings (SSSR count). The Bertz CT molecular complexity index is 503. The molecule has 0 bridgehead atoms. The minimum absolute atomic E-state index is 0.398. The summed E-state index contributed by atoms with van der Waals surface area (Å²) in [7, 11) is 1.66. The van der Waals surface area contributed by atoms with Gasteiger partial charge in [-0.1, -0.05) is 0 Å². The molecule has 0 aromatic heterocycles. The van der Waals surface area contributed by atoms with E-state index in [-0.39, 0.29) is 0 Å². The van der Waals surface area contributed by atoms with Crippen molar-refractivity contribution < 1.29 is 9.53 Å². The summed E-state index contributed by atoms with van der Waals surface area (Å²) in [5.74, 6) is 0.823. The van der Waals surface area contributed by atoms with Crippen LogP contribution in [-0.4, -0.2) is 19.4 Å². The molecule has 0 amide bonds. The highest BCUT2D eigenvalue weighted by atomic mass is 32.2. The molecule has 0 heterocycles. The van der Waals surface area contributed by atoms with Gasteiger partial charge in [-0.25, -0.2) is 4.79 Å². The number of thioether (sulfide) groups is 1. The molecule has 0 saturated heterocycles. The molecular weight excluding hydrogens is 246 g/mol. The number of methoxy groups -OCH3 is 1. The zero-order valence-corrected chi connectivity index (χ0v) is 11.8. The third-order valence-corrected chi connectivity index (χ3v) is 4.54. The van der Waals surface area contributed by atoms with Crippen LogP contribution in [0, 0.1) is 6.92 Å². The minimum Gasteiger partial charge on any atom is -0.496 e.